The molecule has 0 saturated heterocycles. The van der Waals surface area contributed by atoms with E-state index in [2.05, 4.69) is 5.32 Å². The smallest absolute Gasteiger partial charge is 0.241 e. The molecule has 1 N–H and O–H groups in total. The van der Waals surface area contributed by atoms with E-state index in [4.69, 9.17) is 11.6 Å². The maximum absolute atomic E-state index is 12.0. The number of carbonyl (C=O) groups excluding carboxylic acids is 1. The standard InChI is InChI=1S/C14H15ClN2OS/c1-17(10-13-3-2-8-19-13)14(18)9-16-12-6-4-11(15)5-7-12/h2-8,16H,9-10H2,1H3. The molecule has 0 atom stereocenters. The van der Waals surface area contributed by atoms with Gasteiger partial charge in [0.15, 0.2) is 0 Å². The van der Waals surface area contributed by atoms with Gasteiger partial charge in [-0.25, -0.2) is 0 Å². The van der Waals surface area contributed by atoms with Crippen LogP contribution in [0.5, 0.6) is 0 Å². The molecule has 0 unspecified atom stereocenters. The van der Waals surface area contributed by atoms with Gasteiger partial charge in [-0.05, 0) is 35.7 Å². The Kier molecular flexibility index (Phi) is 4.82. The lowest BCUT2D eigenvalue weighted by Gasteiger charge is -2.17. The first-order chi connectivity index (χ1) is 9.15. The maximum Gasteiger partial charge on any atom is 0.241 e. The van der Waals surface area contributed by atoms with Gasteiger partial charge in [-0.15, -0.1) is 11.3 Å². The fourth-order valence-electron chi connectivity index (χ4n) is 1.60. The van der Waals surface area contributed by atoms with Crippen molar-refractivity contribution < 1.29 is 4.79 Å². The highest BCUT2D eigenvalue weighted by molar-refractivity contribution is 7.09. The molecule has 0 aliphatic carbocycles. The normalized spacial score (nSPS) is 10.2. The SMILES string of the molecule is CN(Cc1cccs1)C(=O)CNc1ccc(Cl)cc1. The van der Waals surface area contributed by atoms with Gasteiger partial charge < -0.3 is 10.2 Å². The van der Waals surface area contributed by atoms with E-state index in [1.54, 1.807) is 28.4 Å². The highest BCUT2D eigenvalue weighted by Gasteiger charge is 2.09. The number of nitrogens with zero attached hydrogens (tertiary/aromatic N) is 1. The molecule has 1 aromatic carbocycles. The number of amides is 1. The van der Waals surface area contributed by atoms with Crippen LogP contribution in [-0.4, -0.2) is 24.4 Å². The number of nitrogens with one attached hydrogen (secondary N) is 1. The average molecular weight is 295 g/mol. The summed E-state index contributed by atoms with van der Waals surface area (Å²) in [6.07, 6.45) is 0. The molecule has 5 heteroatoms. The summed E-state index contributed by atoms with van der Waals surface area (Å²) in [4.78, 5) is 14.9. The Labute approximate surface area is 121 Å². The lowest BCUT2D eigenvalue weighted by atomic mass is 10.3. The first-order valence-corrected chi connectivity index (χ1v) is 7.16. The molecule has 2 rings (SSSR count). The average Bonchev–Trinajstić information content (AvgIpc) is 2.90. The Hall–Kier alpha value is -1.52. The van der Waals surface area contributed by atoms with Gasteiger partial charge in [0.05, 0.1) is 13.1 Å². The van der Waals surface area contributed by atoms with Crippen LogP contribution in [0.25, 0.3) is 0 Å². The van der Waals surface area contributed by atoms with Crippen molar-refractivity contribution in [3.8, 4) is 0 Å². The Bertz CT molecular complexity index is 525. The summed E-state index contributed by atoms with van der Waals surface area (Å²) in [5, 5.41) is 5.79. The number of hydrogen-bond donors (Lipinski definition) is 1. The molecule has 2 aromatic rings. The Balaban J connectivity index is 1.82. The number of carbonyl (C=O) groups is 1. The molecule has 0 fully saturated rings. The molecule has 3 nitrogen and oxygen atoms in total. The van der Waals surface area contributed by atoms with E-state index >= 15 is 0 Å². The lowest BCUT2D eigenvalue weighted by molar-refractivity contribution is -0.128. The second kappa shape index (κ2) is 6.59. The summed E-state index contributed by atoms with van der Waals surface area (Å²) in [6, 6.07) is 11.3. The molecule has 0 bridgehead atoms. The number of thiophene rings is 1. The zero-order valence-corrected chi connectivity index (χ0v) is 12.2. The van der Waals surface area contributed by atoms with Crippen LogP contribution >= 0.6 is 22.9 Å². The van der Waals surface area contributed by atoms with Crippen LogP contribution in [0.1, 0.15) is 4.88 Å². The number of hydrogen-bond acceptors (Lipinski definition) is 3. The van der Waals surface area contributed by atoms with Crippen molar-refractivity contribution in [1.82, 2.24) is 4.90 Å². The van der Waals surface area contributed by atoms with Crippen LogP contribution in [-0.2, 0) is 11.3 Å². The summed E-state index contributed by atoms with van der Waals surface area (Å²) in [5.41, 5.74) is 0.891. The quantitative estimate of drug-likeness (QED) is 0.916. The first kappa shape index (κ1) is 13.9. The minimum atomic E-state index is 0.0587. The molecule has 0 spiro atoms. The van der Waals surface area contributed by atoms with E-state index in [0.717, 1.165) is 5.69 Å². The van der Waals surface area contributed by atoms with Crippen LogP contribution < -0.4 is 5.32 Å². The van der Waals surface area contributed by atoms with Gasteiger partial charge in [0.1, 0.15) is 0 Å². The number of rotatable bonds is 5. The second-order valence-electron chi connectivity index (χ2n) is 4.19. The van der Waals surface area contributed by atoms with Crippen LogP contribution in [0, 0.1) is 0 Å². The molecule has 100 valence electrons. The number of anilines is 1. The van der Waals surface area contributed by atoms with Gasteiger partial charge >= 0.3 is 0 Å². The number of halogens is 1. The van der Waals surface area contributed by atoms with Gasteiger partial charge in [-0.1, -0.05) is 17.7 Å². The second-order valence-corrected chi connectivity index (χ2v) is 5.66. The van der Waals surface area contributed by atoms with Crippen LogP contribution in [0.3, 0.4) is 0 Å². The summed E-state index contributed by atoms with van der Waals surface area (Å²) < 4.78 is 0. The van der Waals surface area contributed by atoms with E-state index in [9.17, 15) is 4.79 Å². The van der Waals surface area contributed by atoms with Crippen molar-refractivity contribution in [2.45, 2.75) is 6.54 Å². The van der Waals surface area contributed by atoms with Crippen molar-refractivity contribution in [2.24, 2.45) is 0 Å². The summed E-state index contributed by atoms with van der Waals surface area (Å²) in [5.74, 6) is 0.0587. The minimum absolute atomic E-state index is 0.0587. The van der Waals surface area contributed by atoms with Gasteiger partial charge in [0.25, 0.3) is 0 Å². The third-order valence-corrected chi connectivity index (χ3v) is 3.80. The summed E-state index contributed by atoms with van der Waals surface area (Å²) in [7, 11) is 1.81. The molecule has 19 heavy (non-hydrogen) atoms. The van der Waals surface area contributed by atoms with Crippen LogP contribution in [0.15, 0.2) is 41.8 Å². The molecular formula is C14H15ClN2OS. The molecule has 0 saturated carbocycles. The highest BCUT2D eigenvalue weighted by Crippen LogP contribution is 2.14. The molecular weight excluding hydrogens is 280 g/mol. The van der Waals surface area contributed by atoms with Crippen molar-refractivity contribution in [3.05, 3.63) is 51.7 Å². The van der Waals surface area contributed by atoms with Crippen LogP contribution in [0.2, 0.25) is 5.02 Å². The Morgan fingerprint density at radius 2 is 2.05 bits per heavy atom. The molecule has 0 radical (unpaired) electrons. The first-order valence-electron chi connectivity index (χ1n) is 5.91. The zero-order chi connectivity index (χ0) is 13.7. The molecule has 1 amide bonds. The van der Waals surface area contributed by atoms with Crippen molar-refractivity contribution >= 4 is 34.5 Å². The van der Waals surface area contributed by atoms with Gasteiger partial charge in [0, 0.05) is 22.6 Å². The predicted octanol–water partition coefficient (Wildman–Crippen LogP) is 3.47. The lowest BCUT2D eigenvalue weighted by Crippen LogP contribution is -2.31. The maximum atomic E-state index is 12.0. The molecule has 0 aliphatic rings. The molecule has 0 aliphatic heterocycles. The minimum Gasteiger partial charge on any atom is -0.376 e. The van der Waals surface area contributed by atoms with Crippen molar-refractivity contribution in [1.29, 1.82) is 0 Å². The van der Waals surface area contributed by atoms with Gasteiger partial charge in [0.2, 0.25) is 5.91 Å². The predicted molar refractivity (Wildman–Crippen MR) is 80.7 cm³/mol. The Morgan fingerprint density at radius 1 is 1.32 bits per heavy atom. The van der Waals surface area contributed by atoms with Gasteiger partial charge in [-0.2, -0.15) is 0 Å². The summed E-state index contributed by atoms with van der Waals surface area (Å²) >= 11 is 7.46. The largest absolute Gasteiger partial charge is 0.376 e. The third kappa shape index (κ3) is 4.26. The van der Waals surface area contributed by atoms with Gasteiger partial charge in [-0.3, -0.25) is 4.79 Å². The zero-order valence-electron chi connectivity index (χ0n) is 10.6. The topological polar surface area (TPSA) is 32.3 Å². The molecule has 1 aromatic heterocycles. The van der Waals surface area contributed by atoms with E-state index in [0.29, 0.717) is 11.6 Å². The van der Waals surface area contributed by atoms with Crippen molar-refractivity contribution in [3.63, 3.8) is 0 Å². The number of likely N-dealkylation sites (N-methyl/N-ethyl adjacent to an activating group) is 1. The van der Waals surface area contributed by atoms with E-state index in [-0.39, 0.29) is 12.5 Å². The molecule has 1 heterocycles. The highest BCUT2D eigenvalue weighted by atomic mass is 35.5. The van der Waals surface area contributed by atoms with E-state index in [1.165, 1.54) is 4.88 Å². The van der Waals surface area contributed by atoms with Crippen LogP contribution in [0.4, 0.5) is 5.69 Å². The Morgan fingerprint density at radius 3 is 2.68 bits per heavy atom. The van der Waals surface area contributed by atoms with E-state index in [1.807, 2.05) is 36.7 Å². The fraction of sp³-hybridized carbons (Fsp3) is 0.214. The van der Waals surface area contributed by atoms with Crippen molar-refractivity contribution in [2.75, 3.05) is 18.9 Å². The number of benzene rings is 1. The third-order valence-electron chi connectivity index (χ3n) is 2.69. The van der Waals surface area contributed by atoms with E-state index < -0.39 is 0 Å². The fourth-order valence-corrected chi connectivity index (χ4v) is 2.49. The monoisotopic (exact) mass is 294 g/mol. The summed E-state index contributed by atoms with van der Waals surface area (Å²) in [6.45, 7) is 0.933.